The molecule has 0 radical (unpaired) electrons. The molecule has 0 heterocycles. The fraction of sp³-hybridized carbons (Fsp3) is 0.125. The van der Waals surface area contributed by atoms with Gasteiger partial charge in [0.25, 0.3) is 5.91 Å². The lowest BCUT2D eigenvalue weighted by Gasteiger charge is -2.13. The summed E-state index contributed by atoms with van der Waals surface area (Å²) in [6.07, 6.45) is 0. The summed E-state index contributed by atoms with van der Waals surface area (Å²) in [6, 6.07) is 14.0. The van der Waals surface area contributed by atoms with E-state index in [1.165, 1.54) is 7.11 Å². The molecule has 21 heavy (non-hydrogen) atoms. The first-order valence-corrected chi connectivity index (χ1v) is 6.24. The monoisotopic (exact) mass is 282 g/mol. The van der Waals surface area contributed by atoms with Crippen LogP contribution >= 0.6 is 0 Å². The number of para-hydroxylation sites is 1. The van der Waals surface area contributed by atoms with Crippen molar-refractivity contribution in [1.29, 1.82) is 5.26 Å². The summed E-state index contributed by atoms with van der Waals surface area (Å²) in [4.78, 5) is 11.4. The van der Waals surface area contributed by atoms with Crippen LogP contribution in [0.1, 0.15) is 21.5 Å². The number of nitrogens with zero attached hydrogens (tertiary/aromatic N) is 1. The van der Waals surface area contributed by atoms with Gasteiger partial charge in [0.15, 0.2) is 11.5 Å². The molecule has 0 aliphatic carbocycles. The Bertz CT molecular complexity index is 688. The smallest absolute Gasteiger partial charge is 0.252 e. The summed E-state index contributed by atoms with van der Waals surface area (Å²) in [5, 5.41) is 8.75. The molecule has 5 nitrogen and oxygen atoms in total. The van der Waals surface area contributed by atoms with Crippen molar-refractivity contribution >= 4 is 5.91 Å². The van der Waals surface area contributed by atoms with Crippen LogP contribution in [0.15, 0.2) is 42.5 Å². The number of carbonyl (C=O) groups is 1. The minimum absolute atomic E-state index is 0.242. The van der Waals surface area contributed by atoms with Gasteiger partial charge in [0.2, 0.25) is 0 Å². The van der Waals surface area contributed by atoms with E-state index in [9.17, 15) is 4.79 Å². The van der Waals surface area contributed by atoms with Gasteiger partial charge in [-0.3, -0.25) is 4.79 Å². The Morgan fingerprint density at radius 1 is 1.24 bits per heavy atom. The predicted molar refractivity (Wildman–Crippen MR) is 77.0 cm³/mol. The molecule has 106 valence electrons. The Balaban J connectivity index is 2.22. The molecule has 0 spiro atoms. The van der Waals surface area contributed by atoms with E-state index in [-0.39, 0.29) is 12.2 Å². The summed E-state index contributed by atoms with van der Waals surface area (Å²) in [7, 11) is 1.49. The number of ether oxygens (including phenoxy) is 2. The van der Waals surface area contributed by atoms with Gasteiger partial charge in [-0.15, -0.1) is 0 Å². The zero-order valence-corrected chi connectivity index (χ0v) is 11.5. The lowest BCUT2D eigenvalue weighted by molar-refractivity contribution is 0.0995. The standard InChI is InChI=1S/C16H14N2O3/c1-20-14-4-2-3-13(16(18)19)15(14)21-10-12-7-5-11(9-17)6-8-12/h2-8H,10H2,1H3,(H2,18,19). The summed E-state index contributed by atoms with van der Waals surface area (Å²) in [6.45, 7) is 0.242. The van der Waals surface area contributed by atoms with E-state index in [1.54, 1.807) is 42.5 Å². The van der Waals surface area contributed by atoms with Crippen molar-refractivity contribution in [2.24, 2.45) is 5.73 Å². The molecule has 0 unspecified atom stereocenters. The van der Waals surface area contributed by atoms with Gasteiger partial charge in [0.05, 0.1) is 24.3 Å². The fourth-order valence-electron chi connectivity index (χ4n) is 1.85. The van der Waals surface area contributed by atoms with E-state index in [0.717, 1.165) is 5.56 Å². The highest BCUT2D eigenvalue weighted by Crippen LogP contribution is 2.31. The molecular weight excluding hydrogens is 268 g/mol. The Kier molecular flexibility index (Phi) is 4.42. The molecule has 0 aliphatic rings. The first-order chi connectivity index (χ1) is 10.2. The summed E-state index contributed by atoms with van der Waals surface area (Å²) in [5.74, 6) is 0.181. The maximum atomic E-state index is 11.4. The lowest BCUT2D eigenvalue weighted by Crippen LogP contribution is -2.13. The van der Waals surface area contributed by atoms with E-state index in [4.69, 9.17) is 20.5 Å². The summed E-state index contributed by atoms with van der Waals surface area (Å²) in [5.41, 5.74) is 7.05. The van der Waals surface area contributed by atoms with Gasteiger partial charge < -0.3 is 15.2 Å². The molecule has 0 saturated carbocycles. The van der Waals surface area contributed by atoms with Crippen molar-refractivity contribution in [3.05, 3.63) is 59.2 Å². The quantitative estimate of drug-likeness (QED) is 0.911. The SMILES string of the molecule is COc1cccc(C(N)=O)c1OCc1ccc(C#N)cc1. The molecular formula is C16H14N2O3. The van der Waals surface area contributed by atoms with Crippen molar-refractivity contribution in [3.63, 3.8) is 0 Å². The van der Waals surface area contributed by atoms with Gasteiger partial charge in [0, 0.05) is 0 Å². The second-order valence-corrected chi connectivity index (χ2v) is 4.30. The molecule has 5 heteroatoms. The van der Waals surface area contributed by atoms with Gasteiger partial charge in [-0.1, -0.05) is 18.2 Å². The van der Waals surface area contributed by atoms with Gasteiger partial charge >= 0.3 is 0 Å². The highest BCUT2D eigenvalue weighted by atomic mass is 16.5. The van der Waals surface area contributed by atoms with Crippen molar-refractivity contribution in [3.8, 4) is 17.6 Å². The first kappa shape index (κ1) is 14.4. The Morgan fingerprint density at radius 2 is 1.95 bits per heavy atom. The zero-order valence-electron chi connectivity index (χ0n) is 11.5. The van der Waals surface area contributed by atoms with Gasteiger partial charge in [-0.25, -0.2) is 0 Å². The van der Waals surface area contributed by atoms with Gasteiger partial charge in [0.1, 0.15) is 6.61 Å². The highest BCUT2D eigenvalue weighted by Gasteiger charge is 2.14. The molecule has 2 aromatic carbocycles. The molecule has 0 aliphatic heterocycles. The third kappa shape index (κ3) is 3.31. The Morgan fingerprint density at radius 3 is 2.52 bits per heavy atom. The average molecular weight is 282 g/mol. The summed E-state index contributed by atoms with van der Waals surface area (Å²) >= 11 is 0. The van der Waals surface area contributed by atoms with Crippen LogP contribution in [0.2, 0.25) is 0 Å². The largest absolute Gasteiger partial charge is 0.493 e. The highest BCUT2D eigenvalue weighted by molar-refractivity contribution is 5.96. The maximum Gasteiger partial charge on any atom is 0.252 e. The molecule has 2 N–H and O–H groups in total. The molecule has 0 saturated heterocycles. The molecule has 0 bridgehead atoms. The molecule has 2 aromatic rings. The number of nitrogens with two attached hydrogens (primary N) is 1. The second-order valence-electron chi connectivity index (χ2n) is 4.30. The number of primary amides is 1. The predicted octanol–water partition coefficient (Wildman–Crippen LogP) is 2.24. The van der Waals surface area contributed by atoms with Crippen LogP contribution in [0, 0.1) is 11.3 Å². The van der Waals surface area contributed by atoms with Crippen LogP contribution in [0.5, 0.6) is 11.5 Å². The number of carbonyl (C=O) groups excluding carboxylic acids is 1. The van der Waals surface area contributed by atoms with Crippen molar-refractivity contribution in [2.45, 2.75) is 6.61 Å². The minimum atomic E-state index is -0.580. The van der Waals surface area contributed by atoms with Crippen molar-refractivity contribution in [1.82, 2.24) is 0 Å². The van der Waals surface area contributed by atoms with Gasteiger partial charge in [-0.2, -0.15) is 5.26 Å². The van der Waals surface area contributed by atoms with Crippen LogP contribution in [0.4, 0.5) is 0 Å². The number of hydrogen-bond acceptors (Lipinski definition) is 4. The summed E-state index contributed by atoms with van der Waals surface area (Å²) < 4.78 is 10.9. The Hall–Kier alpha value is -3.00. The number of amides is 1. The minimum Gasteiger partial charge on any atom is -0.493 e. The average Bonchev–Trinajstić information content (AvgIpc) is 2.52. The number of nitriles is 1. The normalized spacial score (nSPS) is 9.71. The van der Waals surface area contributed by atoms with E-state index >= 15 is 0 Å². The molecule has 1 amide bonds. The maximum absolute atomic E-state index is 11.4. The van der Waals surface area contributed by atoms with Crippen LogP contribution in [0.3, 0.4) is 0 Å². The third-order valence-electron chi connectivity index (χ3n) is 2.93. The van der Waals surface area contributed by atoms with Crippen molar-refractivity contribution < 1.29 is 14.3 Å². The van der Waals surface area contributed by atoms with Crippen LogP contribution in [-0.2, 0) is 6.61 Å². The molecule has 0 aromatic heterocycles. The van der Waals surface area contributed by atoms with Gasteiger partial charge in [-0.05, 0) is 29.8 Å². The molecule has 0 fully saturated rings. The number of rotatable bonds is 5. The number of benzene rings is 2. The zero-order chi connectivity index (χ0) is 15.2. The van der Waals surface area contributed by atoms with E-state index < -0.39 is 5.91 Å². The van der Waals surface area contributed by atoms with E-state index in [2.05, 4.69) is 0 Å². The lowest BCUT2D eigenvalue weighted by atomic mass is 10.1. The molecule has 2 rings (SSSR count). The van der Waals surface area contributed by atoms with Crippen LogP contribution in [0.25, 0.3) is 0 Å². The topological polar surface area (TPSA) is 85.3 Å². The Labute approximate surface area is 122 Å². The van der Waals surface area contributed by atoms with E-state index in [1.807, 2.05) is 6.07 Å². The second kappa shape index (κ2) is 6.44. The first-order valence-electron chi connectivity index (χ1n) is 6.24. The number of hydrogen-bond donors (Lipinski definition) is 1. The van der Waals surface area contributed by atoms with Crippen molar-refractivity contribution in [2.75, 3.05) is 7.11 Å². The fourth-order valence-corrected chi connectivity index (χ4v) is 1.85. The number of methoxy groups -OCH3 is 1. The van der Waals surface area contributed by atoms with Crippen LogP contribution in [-0.4, -0.2) is 13.0 Å². The van der Waals surface area contributed by atoms with E-state index in [0.29, 0.717) is 17.1 Å². The third-order valence-corrected chi connectivity index (χ3v) is 2.93. The molecule has 0 atom stereocenters. The van der Waals surface area contributed by atoms with Crippen LogP contribution < -0.4 is 15.2 Å².